The summed E-state index contributed by atoms with van der Waals surface area (Å²) in [6.07, 6.45) is 0.463. The molecule has 0 spiro atoms. The molecule has 0 saturated heterocycles. The number of benzene rings is 1. The van der Waals surface area contributed by atoms with Crippen LogP contribution in [0.1, 0.15) is 31.4 Å². The summed E-state index contributed by atoms with van der Waals surface area (Å²) in [5, 5.41) is 12.6. The minimum absolute atomic E-state index is 0.00925. The molecular weight excluding hydrogens is 270 g/mol. The lowest BCUT2D eigenvalue weighted by Gasteiger charge is -2.17. The summed E-state index contributed by atoms with van der Waals surface area (Å²) >= 11 is 1.60. The fourth-order valence-corrected chi connectivity index (χ4v) is 2.61. The topological polar surface area (TPSA) is 49.3 Å². The Morgan fingerprint density at radius 1 is 1.45 bits per heavy atom. The van der Waals surface area contributed by atoms with E-state index in [9.17, 15) is 9.90 Å². The SMILES string of the molecule is CCC(C)C(O)CNC(=O)CSCc1cccc(C)c1. The Hall–Kier alpha value is -1.00. The van der Waals surface area contributed by atoms with Gasteiger partial charge < -0.3 is 10.4 Å². The van der Waals surface area contributed by atoms with Gasteiger partial charge in [0, 0.05) is 12.3 Å². The minimum Gasteiger partial charge on any atom is -0.391 e. The second-order valence-corrected chi connectivity index (χ2v) is 6.22. The summed E-state index contributed by atoms with van der Waals surface area (Å²) in [5.41, 5.74) is 2.48. The van der Waals surface area contributed by atoms with Gasteiger partial charge in [-0.1, -0.05) is 50.1 Å². The molecule has 2 unspecified atom stereocenters. The molecule has 0 aliphatic rings. The van der Waals surface area contributed by atoms with Crippen molar-refractivity contribution in [2.24, 2.45) is 5.92 Å². The quantitative estimate of drug-likeness (QED) is 0.775. The molecule has 0 aromatic heterocycles. The van der Waals surface area contributed by atoms with Gasteiger partial charge >= 0.3 is 0 Å². The number of carbonyl (C=O) groups is 1. The first kappa shape index (κ1) is 17.1. The number of amides is 1. The van der Waals surface area contributed by atoms with Gasteiger partial charge in [-0.3, -0.25) is 4.79 Å². The van der Waals surface area contributed by atoms with Gasteiger partial charge in [-0.05, 0) is 18.4 Å². The standard InChI is InChI=1S/C16H25NO2S/c1-4-13(3)15(18)9-17-16(19)11-20-10-14-7-5-6-12(2)8-14/h5-8,13,15,18H,4,9-11H2,1-3H3,(H,17,19). The van der Waals surface area contributed by atoms with Gasteiger partial charge in [0.15, 0.2) is 0 Å². The van der Waals surface area contributed by atoms with Gasteiger partial charge in [-0.15, -0.1) is 11.8 Å². The van der Waals surface area contributed by atoms with Crippen LogP contribution in [0, 0.1) is 12.8 Å². The van der Waals surface area contributed by atoms with Gasteiger partial charge in [0.2, 0.25) is 5.91 Å². The summed E-state index contributed by atoms with van der Waals surface area (Å²) in [6.45, 7) is 6.44. The molecule has 2 N–H and O–H groups in total. The van der Waals surface area contributed by atoms with Crippen LogP contribution in [0.3, 0.4) is 0 Å². The predicted molar refractivity (Wildman–Crippen MR) is 85.8 cm³/mol. The molecule has 1 rings (SSSR count). The van der Waals surface area contributed by atoms with Crippen LogP contribution in [-0.4, -0.2) is 29.4 Å². The Morgan fingerprint density at radius 3 is 2.85 bits per heavy atom. The second-order valence-electron chi connectivity index (χ2n) is 5.24. The predicted octanol–water partition coefficient (Wildman–Crippen LogP) is 2.75. The van der Waals surface area contributed by atoms with E-state index < -0.39 is 6.10 Å². The van der Waals surface area contributed by atoms with Crippen LogP contribution in [0.5, 0.6) is 0 Å². The Morgan fingerprint density at radius 2 is 2.20 bits per heavy atom. The third-order valence-electron chi connectivity index (χ3n) is 3.39. The number of hydrogen-bond donors (Lipinski definition) is 2. The van der Waals surface area contributed by atoms with Crippen LogP contribution in [0.25, 0.3) is 0 Å². The second kappa shape index (κ2) is 9.03. The van der Waals surface area contributed by atoms with Gasteiger partial charge in [0.1, 0.15) is 0 Å². The fourth-order valence-electron chi connectivity index (χ4n) is 1.81. The normalized spacial score (nSPS) is 13.8. The molecule has 0 radical (unpaired) electrons. The maximum absolute atomic E-state index is 11.7. The van der Waals surface area contributed by atoms with Crippen LogP contribution in [0.15, 0.2) is 24.3 Å². The van der Waals surface area contributed by atoms with E-state index in [1.54, 1.807) is 11.8 Å². The number of aliphatic hydroxyl groups excluding tert-OH is 1. The Balaban J connectivity index is 2.20. The molecule has 0 saturated carbocycles. The number of hydrogen-bond acceptors (Lipinski definition) is 3. The van der Waals surface area contributed by atoms with E-state index in [4.69, 9.17) is 0 Å². The lowest BCUT2D eigenvalue weighted by Crippen LogP contribution is -2.36. The molecule has 0 fully saturated rings. The third kappa shape index (κ3) is 6.44. The molecule has 1 aromatic carbocycles. The first-order valence-corrected chi connectivity index (χ1v) is 8.26. The molecule has 4 heteroatoms. The van der Waals surface area contributed by atoms with E-state index in [2.05, 4.69) is 30.4 Å². The molecule has 2 atom stereocenters. The Labute approximate surface area is 126 Å². The largest absolute Gasteiger partial charge is 0.391 e. The summed E-state index contributed by atoms with van der Waals surface area (Å²) in [5.74, 6) is 1.48. The number of carbonyl (C=O) groups excluding carboxylic acids is 1. The van der Waals surface area contributed by atoms with Gasteiger partial charge in [0.25, 0.3) is 0 Å². The molecule has 20 heavy (non-hydrogen) atoms. The Bertz CT molecular complexity index is 423. The Kier molecular flexibility index (Phi) is 7.70. The fraction of sp³-hybridized carbons (Fsp3) is 0.562. The van der Waals surface area contributed by atoms with E-state index >= 15 is 0 Å². The summed E-state index contributed by atoms with van der Waals surface area (Å²) < 4.78 is 0. The molecule has 0 aliphatic carbocycles. The number of rotatable bonds is 8. The first-order chi connectivity index (χ1) is 9.52. The van der Waals surface area contributed by atoms with E-state index in [1.165, 1.54) is 11.1 Å². The highest BCUT2D eigenvalue weighted by atomic mass is 32.2. The van der Waals surface area contributed by atoms with E-state index in [1.807, 2.05) is 19.9 Å². The molecule has 0 bridgehead atoms. The zero-order valence-electron chi connectivity index (χ0n) is 12.6. The van der Waals surface area contributed by atoms with Crippen LogP contribution in [0.2, 0.25) is 0 Å². The van der Waals surface area contributed by atoms with Crippen molar-refractivity contribution < 1.29 is 9.90 Å². The van der Waals surface area contributed by atoms with Gasteiger partial charge in [-0.25, -0.2) is 0 Å². The smallest absolute Gasteiger partial charge is 0.230 e. The molecule has 3 nitrogen and oxygen atoms in total. The maximum Gasteiger partial charge on any atom is 0.230 e. The van der Waals surface area contributed by atoms with Gasteiger partial charge in [-0.2, -0.15) is 0 Å². The molecule has 1 amide bonds. The summed E-state index contributed by atoms with van der Waals surface area (Å²) in [4.78, 5) is 11.7. The minimum atomic E-state index is -0.453. The van der Waals surface area contributed by atoms with Crippen LogP contribution >= 0.6 is 11.8 Å². The van der Waals surface area contributed by atoms with Crippen molar-refractivity contribution in [3.05, 3.63) is 35.4 Å². The highest BCUT2D eigenvalue weighted by molar-refractivity contribution is 7.99. The number of thioether (sulfide) groups is 1. The first-order valence-electron chi connectivity index (χ1n) is 7.11. The van der Waals surface area contributed by atoms with Crippen LogP contribution < -0.4 is 5.32 Å². The van der Waals surface area contributed by atoms with Crippen molar-refractivity contribution in [2.45, 2.75) is 39.0 Å². The summed E-state index contributed by atoms with van der Waals surface area (Å²) in [7, 11) is 0. The highest BCUT2D eigenvalue weighted by Gasteiger charge is 2.13. The third-order valence-corrected chi connectivity index (χ3v) is 4.40. The average Bonchev–Trinajstić information content (AvgIpc) is 2.44. The van der Waals surface area contributed by atoms with Gasteiger partial charge in [0.05, 0.1) is 11.9 Å². The molecule has 0 heterocycles. The highest BCUT2D eigenvalue weighted by Crippen LogP contribution is 2.13. The molecule has 0 aliphatic heterocycles. The van der Waals surface area contributed by atoms with Crippen molar-refractivity contribution in [1.82, 2.24) is 5.32 Å². The number of aliphatic hydroxyl groups is 1. The number of nitrogens with one attached hydrogen (secondary N) is 1. The zero-order chi connectivity index (χ0) is 15.0. The number of aryl methyl sites for hydroxylation is 1. The van der Waals surface area contributed by atoms with E-state index in [-0.39, 0.29) is 11.8 Å². The van der Waals surface area contributed by atoms with Crippen molar-refractivity contribution in [2.75, 3.05) is 12.3 Å². The van der Waals surface area contributed by atoms with Crippen LogP contribution in [-0.2, 0) is 10.5 Å². The lowest BCUT2D eigenvalue weighted by atomic mass is 10.0. The molecule has 1 aromatic rings. The maximum atomic E-state index is 11.7. The van der Waals surface area contributed by atoms with E-state index in [0.29, 0.717) is 12.3 Å². The molecular formula is C16H25NO2S. The lowest BCUT2D eigenvalue weighted by molar-refractivity contribution is -0.119. The van der Waals surface area contributed by atoms with Crippen molar-refractivity contribution in [1.29, 1.82) is 0 Å². The zero-order valence-corrected chi connectivity index (χ0v) is 13.4. The van der Waals surface area contributed by atoms with Crippen molar-refractivity contribution in [3.63, 3.8) is 0 Å². The average molecular weight is 295 g/mol. The summed E-state index contributed by atoms with van der Waals surface area (Å²) in [6, 6.07) is 8.31. The van der Waals surface area contributed by atoms with Crippen molar-refractivity contribution >= 4 is 17.7 Å². The monoisotopic (exact) mass is 295 g/mol. The molecule has 112 valence electrons. The van der Waals surface area contributed by atoms with E-state index in [0.717, 1.165) is 12.2 Å². The van der Waals surface area contributed by atoms with Crippen LogP contribution in [0.4, 0.5) is 0 Å². The van der Waals surface area contributed by atoms with Crippen molar-refractivity contribution in [3.8, 4) is 0 Å².